The largest absolute Gasteiger partial charge is 0.427 e. The van der Waals surface area contributed by atoms with E-state index in [0.717, 1.165) is 16.2 Å². The highest BCUT2D eigenvalue weighted by atomic mass is 32.2. The van der Waals surface area contributed by atoms with Crippen LogP contribution in [-0.2, 0) is 10.5 Å². The van der Waals surface area contributed by atoms with E-state index < -0.39 is 0 Å². The molecule has 0 amide bonds. The highest BCUT2D eigenvalue weighted by Gasteiger charge is 2.04. The van der Waals surface area contributed by atoms with Crippen molar-refractivity contribution in [2.75, 3.05) is 6.61 Å². The fourth-order valence-electron chi connectivity index (χ4n) is 1.52. The van der Waals surface area contributed by atoms with Gasteiger partial charge in [0.05, 0.1) is 0 Å². The predicted octanol–water partition coefficient (Wildman–Crippen LogP) is 5.91. The Labute approximate surface area is 157 Å². The molecule has 140 valence electrons. The quantitative estimate of drug-likeness (QED) is 0.336. The first-order chi connectivity index (χ1) is 12.2. The topological polar surface area (TPSA) is 46.5 Å². The van der Waals surface area contributed by atoms with E-state index in [-0.39, 0.29) is 19.0 Å². The molecule has 1 rings (SSSR count). The fourth-order valence-corrected chi connectivity index (χ4v) is 2.35. The first-order valence-corrected chi connectivity index (χ1v) is 9.66. The van der Waals surface area contributed by atoms with Gasteiger partial charge in [-0.05, 0) is 30.2 Å². The van der Waals surface area contributed by atoms with Crippen LogP contribution in [0.25, 0.3) is 0 Å². The van der Waals surface area contributed by atoms with Crippen LogP contribution in [0.2, 0.25) is 0 Å². The van der Waals surface area contributed by atoms with Gasteiger partial charge < -0.3 is 9.84 Å². The third-order valence-corrected chi connectivity index (χ3v) is 3.70. The van der Waals surface area contributed by atoms with Gasteiger partial charge in [0.1, 0.15) is 5.75 Å². The predicted molar refractivity (Wildman–Crippen MR) is 111 cm³/mol. The molecule has 0 unspecified atom stereocenters. The molecule has 0 bridgehead atoms. The number of esters is 1. The third kappa shape index (κ3) is 13.2. The number of carbonyl (C=O) groups excluding carboxylic acids is 1. The zero-order valence-electron chi connectivity index (χ0n) is 16.0. The molecule has 25 heavy (non-hydrogen) atoms. The fraction of sp³-hybridized carbons (Fsp3) is 0.381. The highest BCUT2D eigenvalue weighted by molar-refractivity contribution is 8.02. The van der Waals surface area contributed by atoms with Crippen molar-refractivity contribution in [3.63, 3.8) is 0 Å². The standard InChI is InChI=1S/C17H20O3S.2C2H6/c1-3-6-16(4-2)21-13-14-8-10-15(11-9-14)20-17(19)7-5-12-18;2*1-2/h3-4,6,8-11,18H,1-2,5,7,12-13H2;2*1-2H3/b16-6+;;. The first kappa shape index (κ1) is 25.5. The lowest BCUT2D eigenvalue weighted by molar-refractivity contribution is -0.134. The van der Waals surface area contributed by atoms with E-state index in [0.29, 0.717) is 12.2 Å². The summed E-state index contributed by atoms with van der Waals surface area (Å²) in [5, 5.41) is 8.65. The molecule has 4 heteroatoms. The summed E-state index contributed by atoms with van der Waals surface area (Å²) in [6.45, 7) is 15.4. The van der Waals surface area contributed by atoms with Crippen LogP contribution < -0.4 is 4.74 Å². The van der Waals surface area contributed by atoms with Crippen LogP contribution in [-0.4, -0.2) is 17.7 Å². The Morgan fingerprint density at radius 3 is 2.24 bits per heavy atom. The Kier molecular flexibility index (Phi) is 18.9. The van der Waals surface area contributed by atoms with Gasteiger partial charge in [-0.2, -0.15) is 0 Å². The monoisotopic (exact) mass is 364 g/mol. The van der Waals surface area contributed by atoms with E-state index in [4.69, 9.17) is 9.84 Å². The van der Waals surface area contributed by atoms with Gasteiger partial charge in [-0.25, -0.2) is 0 Å². The summed E-state index contributed by atoms with van der Waals surface area (Å²) in [6, 6.07) is 7.40. The van der Waals surface area contributed by atoms with Gasteiger partial charge in [0.2, 0.25) is 0 Å². The Morgan fingerprint density at radius 2 is 1.76 bits per heavy atom. The molecule has 0 radical (unpaired) electrons. The number of rotatable bonds is 9. The van der Waals surface area contributed by atoms with Gasteiger partial charge in [-0.1, -0.05) is 65.1 Å². The molecule has 0 fully saturated rings. The van der Waals surface area contributed by atoms with Crippen molar-refractivity contribution >= 4 is 17.7 Å². The maximum Gasteiger partial charge on any atom is 0.311 e. The van der Waals surface area contributed by atoms with Crippen LogP contribution >= 0.6 is 11.8 Å². The normalized spacial score (nSPS) is 9.72. The zero-order valence-corrected chi connectivity index (χ0v) is 16.8. The number of ether oxygens (including phenoxy) is 1. The van der Waals surface area contributed by atoms with Gasteiger partial charge in [0.25, 0.3) is 0 Å². The molecule has 0 aliphatic rings. The van der Waals surface area contributed by atoms with Crippen molar-refractivity contribution in [3.05, 3.63) is 66.1 Å². The highest BCUT2D eigenvalue weighted by Crippen LogP contribution is 2.23. The van der Waals surface area contributed by atoms with E-state index >= 15 is 0 Å². The van der Waals surface area contributed by atoms with Crippen LogP contribution in [0.4, 0.5) is 0 Å². The molecule has 0 atom stereocenters. The molecule has 0 aliphatic carbocycles. The molecular formula is C21H32O3S. The Morgan fingerprint density at radius 1 is 1.16 bits per heavy atom. The first-order valence-electron chi connectivity index (χ1n) is 8.68. The number of hydrogen-bond acceptors (Lipinski definition) is 4. The van der Waals surface area contributed by atoms with Crippen LogP contribution in [0.3, 0.4) is 0 Å². The van der Waals surface area contributed by atoms with Crippen molar-refractivity contribution in [1.82, 2.24) is 0 Å². The minimum Gasteiger partial charge on any atom is -0.427 e. The van der Waals surface area contributed by atoms with E-state index in [1.165, 1.54) is 0 Å². The molecule has 3 nitrogen and oxygen atoms in total. The molecule has 0 spiro atoms. The second-order valence-electron chi connectivity index (χ2n) is 4.24. The summed E-state index contributed by atoms with van der Waals surface area (Å²) >= 11 is 1.67. The second kappa shape index (κ2) is 18.6. The van der Waals surface area contributed by atoms with Gasteiger partial charge in [0, 0.05) is 23.7 Å². The Balaban J connectivity index is 0. The molecule has 0 aromatic heterocycles. The number of hydrogen-bond donors (Lipinski definition) is 1. The van der Waals surface area contributed by atoms with Gasteiger partial charge in [0.15, 0.2) is 0 Å². The number of aliphatic hydroxyl groups excluding tert-OH is 1. The molecule has 0 saturated carbocycles. The SMILES string of the molecule is C=C/C=C(\C=C)SCc1ccc(OC(=O)CCCO)cc1.CC.CC. The van der Waals surface area contributed by atoms with E-state index in [1.807, 2.05) is 45.9 Å². The van der Waals surface area contributed by atoms with Crippen molar-refractivity contribution in [2.45, 2.75) is 46.3 Å². The lowest BCUT2D eigenvalue weighted by Crippen LogP contribution is -2.08. The van der Waals surface area contributed by atoms with Crippen LogP contribution in [0.15, 0.2) is 60.6 Å². The number of carbonyl (C=O) groups is 1. The van der Waals surface area contributed by atoms with Gasteiger partial charge >= 0.3 is 5.97 Å². The van der Waals surface area contributed by atoms with Crippen molar-refractivity contribution < 1.29 is 14.6 Å². The molecule has 0 aliphatic heterocycles. The maximum atomic E-state index is 11.4. The number of thioether (sulfide) groups is 1. The maximum absolute atomic E-state index is 11.4. The van der Waals surface area contributed by atoms with E-state index in [1.54, 1.807) is 36.0 Å². The summed E-state index contributed by atoms with van der Waals surface area (Å²) in [7, 11) is 0. The molecular weight excluding hydrogens is 332 g/mol. The minimum absolute atomic E-state index is 0.00484. The lowest BCUT2D eigenvalue weighted by Gasteiger charge is -2.06. The zero-order chi connectivity index (χ0) is 19.5. The molecule has 1 N–H and O–H groups in total. The van der Waals surface area contributed by atoms with Gasteiger partial charge in [-0.3, -0.25) is 4.79 Å². The summed E-state index contributed by atoms with van der Waals surface area (Å²) < 4.78 is 5.16. The van der Waals surface area contributed by atoms with Crippen LogP contribution in [0.1, 0.15) is 46.1 Å². The summed E-state index contributed by atoms with van der Waals surface area (Å²) in [4.78, 5) is 12.5. The smallest absolute Gasteiger partial charge is 0.311 e. The average molecular weight is 365 g/mol. The van der Waals surface area contributed by atoms with Gasteiger partial charge in [-0.15, -0.1) is 11.8 Å². The van der Waals surface area contributed by atoms with Crippen molar-refractivity contribution in [2.24, 2.45) is 0 Å². The Bertz CT molecular complexity index is 504. The lowest BCUT2D eigenvalue weighted by atomic mass is 10.2. The molecule has 0 heterocycles. The third-order valence-electron chi connectivity index (χ3n) is 2.58. The molecule has 1 aromatic carbocycles. The Hall–Kier alpha value is -1.78. The molecule has 0 saturated heterocycles. The summed E-state index contributed by atoms with van der Waals surface area (Å²) in [5.74, 6) is 1.01. The van der Waals surface area contributed by atoms with E-state index in [2.05, 4.69) is 13.2 Å². The summed E-state index contributed by atoms with van der Waals surface area (Å²) in [5.41, 5.74) is 1.13. The summed E-state index contributed by atoms with van der Waals surface area (Å²) in [6.07, 6.45) is 6.09. The van der Waals surface area contributed by atoms with Crippen LogP contribution in [0.5, 0.6) is 5.75 Å². The second-order valence-corrected chi connectivity index (χ2v) is 5.29. The number of aliphatic hydroxyl groups is 1. The number of benzene rings is 1. The number of allylic oxidation sites excluding steroid dienone is 3. The van der Waals surface area contributed by atoms with E-state index in [9.17, 15) is 4.79 Å². The van der Waals surface area contributed by atoms with Crippen molar-refractivity contribution in [3.8, 4) is 5.75 Å². The molecule has 1 aromatic rings. The average Bonchev–Trinajstić information content (AvgIpc) is 2.67. The van der Waals surface area contributed by atoms with Crippen molar-refractivity contribution in [1.29, 1.82) is 0 Å². The minimum atomic E-state index is -0.325. The van der Waals surface area contributed by atoms with Crippen LogP contribution in [0, 0.1) is 0 Å².